The highest BCUT2D eigenvalue weighted by atomic mass is 32.1. The first-order valence-electron chi connectivity index (χ1n) is 5.83. The molecule has 90 valence electrons. The summed E-state index contributed by atoms with van der Waals surface area (Å²) < 4.78 is 10.0. The molecule has 18 heavy (non-hydrogen) atoms. The standard InChI is InChI=1S/C12H10N4OS/c1-2-7(1)11-14-12(18-16-11)17-9-4-3-8-6-13-15-10(8)5-9/h3-7H,1-2H2,(H,13,15). The first-order valence-corrected chi connectivity index (χ1v) is 6.60. The molecule has 0 spiro atoms. The maximum absolute atomic E-state index is 5.71. The van der Waals surface area contributed by atoms with E-state index in [2.05, 4.69) is 19.6 Å². The van der Waals surface area contributed by atoms with Gasteiger partial charge in [-0.25, -0.2) is 0 Å². The molecule has 2 heterocycles. The quantitative estimate of drug-likeness (QED) is 0.784. The van der Waals surface area contributed by atoms with E-state index >= 15 is 0 Å². The van der Waals surface area contributed by atoms with E-state index in [0.29, 0.717) is 11.1 Å². The number of benzene rings is 1. The van der Waals surface area contributed by atoms with Gasteiger partial charge in [-0.15, -0.1) is 0 Å². The summed E-state index contributed by atoms with van der Waals surface area (Å²) in [5.41, 5.74) is 0.958. The van der Waals surface area contributed by atoms with Crippen molar-refractivity contribution in [3.63, 3.8) is 0 Å². The van der Waals surface area contributed by atoms with Crippen LogP contribution in [0.1, 0.15) is 24.6 Å². The van der Waals surface area contributed by atoms with E-state index in [1.165, 1.54) is 24.4 Å². The third-order valence-electron chi connectivity index (χ3n) is 2.98. The summed E-state index contributed by atoms with van der Waals surface area (Å²) in [5, 5.41) is 8.57. The largest absolute Gasteiger partial charge is 0.430 e. The molecule has 1 aromatic carbocycles. The predicted molar refractivity (Wildman–Crippen MR) is 68.1 cm³/mol. The van der Waals surface area contributed by atoms with Gasteiger partial charge < -0.3 is 4.74 Å². The smallest absolute Gasteiger partial charge is 0.298 e. The minimum Gasteiger partial charge on any atom is -0.430 e. The molecule has 3 aromatic rings. The molecule has 1 aliphatic carbocycles. The van der Waals surface area contributed by atoms with Crippen molar-refractivity contribution in [2.24, 2.45) is 0 Å². The van der Waals surface area contributed by atoms with Crippen LogP contribution in [0, 0.1) is 0 Å². The van der Waals surface area contributed by atoms with Gasteiger partial charge in [-0.3, -0.25) is 5.10 Å². The van der Waals surface area contributed by atoms with Gasteiger partial charge in [0.05, 0.1) is 11.7 Å². The first-order chi connectivity index (χ1) is 8.88. The number of H-pyrrole nitrogens is 1. The third-order valence-corrected chi connectivity index (χ3v) is 3.59. The molecular weight excluding hydrogens is 248 g/mol. The summed E-state index contributed by atoms with van der Waals surface area (Å²) in [5.74, 6) is 2.25. The Morgan fingerprint density at radius 3 is 3.17 bits per heavy atom. The summed E-state index contributed by atoms with van der Waals surface area (Å²) >= 11 is 1.31. The van der Waals surface area contributed by atoms with Crippen LogP contribution in [-0.2, 0) is 0 Å². The lowest BCUT2D eigenvalue weighted by Crippen LogP contribution is -1.85. The lowest BCUT2D eigenvalue weighted by molar-refractivity contribution is 0.478. The van der Waals surface area contributed by atoms with Crippen LogP contribution in [0.25, 0.3) is 10.9 Å². The molecule has 1 saturated carbocycles. The SMILES string of the molecule is c1cc2cn[nH]c2cc1Oc1nc(C2CC2)ns1. The van der Waals surface area contributed by atoms with Crippen LogP contribution >= 0.6 is 11.5 Å². The van der Waals surface area contributed by atoms with Gasteiger partial charge in [0, 0.05) is 28.9 Å². The molecule has 6 heteroatoms. The molecule has 2 aromatic heterocycles. The Balaban J connectivity index is 1.61. The number of hydrogen-bond acceptors (Lipinski definition) is 5. The van der Waals surface area contributed by atoms with E-state index in [-0.39, 0.29) is 0 Å². The highest BCUT2D eigenvalue weighted by Gasteiger charge is 2.28. The summed E-state index contributed by atoms with van der Waals surface area (Å²) in [7, 11) is 0. The second kappa shape index (κ2) is 3.78. The fourth-order valence-electron chi connectivity index (χ4n) is 1.85. The number of nitrogens with zero attached hydrogens (tertiary/aromatic N) is 3. The second-order valence-corrected chi connectivity index (χ2v) is 5.13. The summed E-state index contributed by atoms with van der Waals surface area (Å²) in [6.45, 7) is 0. The topological polar surface area (TPSA) is 63.7 Å². The van der Waals surface area contributed by atoms with Crippen LogP contribution in [0.2, 0.25) is 0 Å². The highest BCUT2D eigenvalue weighted by molar-refractivity contribution is 7.07. The molecule has 0 bridgehead atoms. The zero-order valence-corrected chi connectivity index (χ0v) is 10.3. The Morgan fingerprint density at radius 2 is 2.28 bits per heavy atom. The van der Waals surface area contributed by atoms with Crippen molar-refractivity contribution in [2.75, 3.05) is 0 Å². The molecule has 1 aliphatic rings. The van der Waals surface area contributed by atoms with Gasteiger partial charge in [0.25, 0.3) is 5.19 Å². The Bertz CT molecular complexity index is 701. The van der Waals surface area contributed by atoms with Gasteiger partial charge in [0.15, 0.2) is 0 Å². The summed E-state index contributed by atoms with van der Waals surface area (Å²) in [4.78, 5) is 4.39. The highest BCUT2D eigenvalue weighted by Crippen LogP contribution is 2.40. The normalized spacial score (nSPS) is 15.1. The summed E-state index contributed by atoms with van der Waals surface area (Å²) in [6, 6.07) is 5.80. The number of fused-ring (bicyclic) bond motifs is 1. The minimum atomic E-state index is 0.564. The van der Waals surface area contributed by atoms with E-state index in [1.54, 1.807) is 6.20 Å². The van der Waals surface area contributed by atoms with Gasteiger partial charge in [0.1, 0.15) is 11.6 Å². The molecule has 0 radical (unpaired) electrons. The van der Waals surface area contributed by atoms with Crippen LogP contribution < -0.4 is 4.74 Å². The van der Waals surface area contributed by atoms with Crippen LogP contribution in [0.4, 0.5) is 0 Å². The van der Waals surface area contributed by atoms with Gasteiger partial charge >= 0.3 is 0 Å². The van der Waals surface area contributed by atoms with Gasteiger partial charge in [0.2, 0.25) is 0 Å². The average molecular weight is 258 g/mol. The Hall–Kier alpha value is -1.95. The van der Waals surface area contributed by atoms with Crippen molar-refractivity contribution in [3.8, 4) is 10.9 Å². The monoisotopic (exact) mass is 258 g/mol. The third kappa shape index (κ3) is 1.74. The van der Waals surface area contributed by atoms with Crippen molar-refractivity contribution in [3.05, 3.63) is 30.2 Å². The van der Waals surface area contributed by atoms with Gasteiger partial charge in [-0.2, -0.15) is 14.5 Å². The van der Waals surface area contributed by atoms with E-state index in [4.69, 9.17) is 4.74 Å². The average Bonchev–Trinajstić information content (AvgIpc) is 2.95. The number of rotatable bonds is 3. The maximum atomic E-state index is 5.71. The molecule has 4 rings (SSSR count). The number of aromatic amines is 1. The van der Waals surface area contributed by atoms with Crippen LogP contribution in [-0.4, -0.2) is 19.6 Å². The van der Waals surface area contributed by atoms with Crippen molar-refractivity contribution in [1.82, 2.24) is 19.6 Å². The second-order valence-electron chi connectivity index (χ2n) is 4.41. The molecule has 5 nitrogen and oxygen atoms in total. The lowest BCUT2D eigenvalue weighted by atomic mass is 10.2. The molecule has 1 fully saturated rings. The van der Waals surface area contributed by atoms with Crippen LogP contribution in [0.15, 0.2) is 24.4 Å². The summed E-state index contributed by atoms with van der Waals surface area (Å²) in [6.07, 6.45) is 4.20. The van der Waals surface area contributed by atoms with Crippen LogP contribution in [0.5, 0.6) is 10.9 Å². The van der Waals surface area contributed by atoms with Gasteiger partial charge in [-0.1, -0.05) is 0 Å². The number of aromatic nitrogens is 4. The Kier molecular flexibility index (Phi) is 2.10. The van der Waals surface area contributed by atoms with Crippen molar-refractivity contribution in [2.45, 2.75) is 18.8 Å². The van der Waals surface area contributed by atoms with Crippen molar-refractivity contribution in [1.29, 1.82) is 0 Å². The molecule has 1 N–H and O–H groups in total. The Morgan fingerprint density at radius 1 is 1.33 bits per heavy atom. The fourth-order valence-corrected chi connectivity index (χ4v) is 2.48. The molecular formula is C12H10N4OS. The fraction of sp³-hybridized carbons (Fsp3) is 0.250. The molecule has 0 aliphatic heterocycles. The Labute approximate surface area is 107 Å². The predicted octanol–water partition coefficient (Wildman–Crippen LogP) is 3.08. The van der Waals surface area contributed by atoms with Gasteiger partial charge in [-0.05, 0) is 25.0 Å². The zero-order chi connectivity index (χ0) is 11.9. The number of ether oxygens (including phenoxy) is 1. The molecule has 0 saturated heterocycles. The molecule has 0 atom stereocenters. The number of nitrogens with one attached hydrogen (secondary N) is 1. The van der Waals surface area contributed by atoms with E-state index < -0.39 is 0 Å². The van der Waals surface area contributed by atoms with Crippen molar-refractivity contribution >= 4 is 22.4 Å². The lowest BCUT2D eigenvalue weighted by Gasteiger charge is -2.00. The van der Waals surface area contributed by atoms with E-state index in [0.717, 1.165) is 22.5 Å². The number of hydrogen-bond donors (Lipinski definition) is 1. The maximum Gasteiger partial charge on any atom is 0.298 e. The first kappa shape index (κ1) is 10.0. The van der Waals surface area contributed by atoms with E-state index in [1.807, 2.05) is 18.2 Å². The van der Waals surface area contributed by atoms with Crippen LogP contribution in [0.3, 0.4) is 0 Å². The molecule has 0 amide bonds. The van der Waals surface area contributed by atoms with E-state index in [9.17, 15) is 0 Å². The van der Waals surface area contributed by atoms with Crippen molar-refractivity contribution < 1.29 is 4.74 Å². The molecule has 0 unspecified atom stereocenters. The zero-order valence-electron chi connectivity index (χ0n) is 9.46. The minimum absolute atomic E-state index is 0.564.